The molecule has 1 atom stereocenters. The van der Waals surface area contributed by atoms with Gasteiger partial charge in [0, 0.05) is 18.7 Å². The molecule has 3 N–H and O–H groups in total. The molecule has 0 bridgehead atoms. The number of anilines is 2. The molecule has 1 saturated carbocycles. The summed E-state index contributed by atoms with van der Waals surface area (Å²) in [6.07, 6.45) is 3.75. The number of hydrogen-bond acceptors (Lipinski definition) is 6. The Labute approximate surface area is 123 Å². The third kappa shape index (κ3) is 2.98. The molecule has 1 unspecified atom stereocenters. The number of carbonyl (C=O) groups excluding carboxylic acids is 1. The van der Waals surface area contributed by atoms with Crippen LogP contribution < -0.4 is 11.1 Å². The molecule has 1 aromatic rings. The lowest BCUT2D eigenvalue weighted by atomic mass is 10.2. The van der Waals surface area contributed by atoms with Gasteiger partial charge in [-0.2, -0.15) is 0 Å². The lowest BCUT2D eigenvalue weighted by Gasteiger charge is -2.13. The second-order valence-corrected chi connectivity index (χ2v) is 8.30. The van der Waals surface area contributed by atoms with Gasteiger partial charge < -0.3 is 11.1 Å². The van der Waals surface area contributed by atoms with Gasteiger partial charge in [0.05, 0.1) is 10.6 Å². The zero-order chi connectivity index (χ0) is 15.1. The predicted molar refractivity (Wildman–Crippen MR) is 82.3 cm³/mol. The Hall–Kier alpha value is -1.08. The molecule has 1 heterocycles. The van der Waals surface area contributed by atoms with Crippen LogP contribution in [0.4, 0.5) is 10.7 Å². The molecule has 20 heavy (non-hydrogen) atoms. The summed E-state index contributed by atoms with van der Waals surface area (Å²) in [5.74, 6) is 0.459. The lowest BCUT2D eigenvalue weighted by Crippen LogP contribution is -2.18. The minimum atomic E-state index is -3.47. The van der Waals surface area contributed by atoms with Crippen LogP contribution in [0.5, 0.6) is 0 Å². The Balaban J connectivity index is 2.45. The average Bonchev–Trinajstić information content (AvgIpc) is 3.12. The van der Waals surface area contributed by atoms with Gasteiger partial charge in [0.15, 0.2) is 15.6 Å². The fourth-order valence-electron chi connectivity index (χ4n) is 2.18. The molecule has 1 aromatic heterocycles. The van der Waals surface area contributed by atoms with Gasteiger partial charge in [-0.15, -0.1) is 11.3 Å². The van der Waals surface area contributed by atoms with Crippen molar-refractivity contribution >= 4 is 37.6 Å². The van der Waals surface area contributed by atoms with E-state index in [1.165, 1.54) is 0 Å². The highest BCUT2D eigenvalue weighted by atomic mass is 32.2. The topological polar surface area (TPSA) is 89.3 Å². The molecular weight excluding hydrogens is 296 g/mol. The number of nitrogens with two attached hydrogens (primary N) is 1. The largest absolute Gasteiger partial charge is 0.396 e. The first kappa shape index (κ1) is 15.3. The number of carbonyl (C=O) groups is 1. The Bertz CT molecular complexity index is 630. The zero-order valence-electron chi connectivity index (χ0n) is 11.9. The number of ketones is 1. The predicted octanol–water partition coefficient (Wildman–Crippen LogP) is 2.54. The van der Waals surface area contributed by atoms with E-state index in [-0.39, 0.29) is 22.4 Å². The fourth-order valence-corrected chi connectivity index (χ4v) is 4.84. The van der Waals surface area contributed by atoms with Gasteiger partial charge in [-0.1, -0.05) is 6.92 Å². The molecule has 0 radical (unpaired) electrons. The van der Waals surface area contributed by atoms with Crippen molar-refractivity contribution in [2.45, 2.75) is 44.0 Å². The fraction of sp³-hybridized carbons (Fsp3) is 0.615. The van der Waals surface area contributed by atoms with Crippen LogP contribution in [0.1, 0.15) is 42.8 Å². The Morgan fingerprint density at radius 2 is 2.10 bits per heavy atom. The minimum Gasteiger partial charge on any atom is -0.396 e. The summed E-state index contributed by atoms with van der Waals surface area (Å²) < 4.78 is 23.9. The van der Waals surface area contributed by atoms with Crippen LogP contribution in [0.3, 0.4) is 0 Å². The number of thiophene rings is 1. The standard InChI is InChI=1S/C13H20N2O3S2/c1-4-9(16)11-10(14)12(20(3,17)18)13(19-11)15-7(2)8-5-6-8/h7-8,15H,4-6,14H2,1-3H3. The number of rotatable bonds is 6. The molecule has 7 heteroatoms. The maximum atomic E-state index is 11.9. The molecule has 0 spiro atoms. The van der Waals surface area contributed by atoms with Crippen LogP contribution in [0, 0.1) is 5.92 Å². The van der Waals surface area contributed by atoms with Gasteiger partial charge in [0.2, 0.25) is 0 Å². The minimum absolute atomic E-state index is 0.0757. The number of nitrogens with one attached hydrogen (secondary N) is 1. The molecular formula is C13H20N2O3S2. The second kappa shape index (κ2) is 5.37. The summed E-state index contributed by atoms with van der Waals surface area (Å²) in [7, 11) is -3.47. The third-order valence-corrected chi connectivity index (χ3v) is 6.01. The summed E-state index contributed by atoms with van der Waals surface area (Å²) in [5.41, 5.74) is 6.00. The normalized spacial score (nSPS) is 16.9. The van der Waals surface area contributed by atoms with E-state index in [1.807, 2.05) is 6.92 Å². The van der Waals surface area contributed by atoms with E-state index in [4.69, 9.17) is 5.73 Å². The maximum Gasteiger partial charge on any atom is 0.180 e. The second-order valence-electron chi connectivity index (χ2n) is 5.32. The highest BCUT2D eigenvalue weighted by molar-refractivity contribution is 7.91. The summed E-state index contributed by atoms with van der Waals surface area (Å²) in [6.45, 7) is 3.77. The van der Waals surface area contributed by atoms with Crippen LogP contribution in [-0.2, 0) is 9.84 Å². The van der Waals surface area contributed by atoms with Gasteiger partial charge in [0.1, 0.15) is 9.90 Å². The van der Waals surface area contributed by atoms with E-state index in [1.54, 1.807) is 6.92 Å². The number of hydrogen-bond donors (Lipinski definition) is 2. The van der Waals surface area contributed by atoms with Crippen molar-refractivity contribution in [2.75, 3.05) is 17.3 Å². The quantitative estimate of drug-likeness (QED) is 0.787. The van der Waals surface area contributed by atoms with Crippen LogP contribution in [0.15, 0.2) is 4.90 Å². The van der Waals surface area contributed by atoms with Crippen LogP contribution in [-0.4, -0.2) is 26.5 Å². The first-order chi connectivity index (χ1) is 9.25. The first-order valence-corrected chi connectivity index (χ1v) is 9.38. The van der Waals surface area contributed by atoms with Gasteiger partial charge in [-0.3, -0.25) is 4.79 Å². The molecule has 0 aliphatic heterocycles. The first-order valence-electron chi connectivity index (χ1n) is 6.67. The zero-order valence-corrected chi connectivity index (χ0v) is 13.5. The van der Waals surface area contributed by atoms with E-state index in [0.717, 1.165) is 30.4 Å². The Morgan fingerprint density at radius 1 is 1.50 bits per heavy atom. The third-order valence-electron chi connectivity index (χ3n) is 3.53. The van der Waals surface area contributed by atoms with Crippen molar-refractivity contribution in [3.8, 4) is 0 Å². The van der Waals surface area contributed by atoms with E-state index in [9.17, 15) is 13.2 Å². The molecule has 1 aliphatic carbocycles. The highest BCUT2D eigenvalue weighted by Gasteiger charge is 2.31. The summed E-state index contributed by atoms with van der Waals surface area (Å²) in [4.78, 5) is 12.3. The Kier molecular flexibility index (Phi) is 4.11. The monoisotopic (exact) mass is 316 g/mol. The van der Waals surface area contributed by atoms with Crippen molar-refractivity contribution in [2.24, 2.45) is 5.92 Å². The molecule has 0 saturated heterocycles. The number of sulfone groups is 1. The van der Waals surface area contributed by atoms with Crippen LogP contribution in [0.25, 0.3) is 0 Å². The molecule has 0 aromatic carbocycles. The van der Waals surface area contributed by atoms with Gasteiger partial charge in [0.25, 0.3) is 0 Å². The molecule has 1 fully saturated rings. The smallest absolute Gasteiger partial charge is 0.180 e. The molecule has 2 rings (SSSR count). The van der Waals surface area contributed by atoms with E-state index in [2.05, 4.69) is 5.32 Å². The van der Waals surface area contributed by atoms with E-state index < -0.39 is 9.84 Å². The van der Waals surface area contributed by atoms with Crippen molar-refractivity contribution in [1.29, 1.82) is 0 Å². The van der Waals surface area contributed by atoms with E-state index in [0.29, 0.717) is 22.2 Å². The average molecular weight is 316 g/mol. The molecule has 112 valence electrons. The van der Waals surface area contributed by atoms with Crippen molar-refractivity contribution in [1.82, 2.24) is 0 Å². The lowest BCUT2D eigenvalue weighted by molar-refractivity contribution is 0.0992. The summed E-state index contributed by atoms with van der Waals surface area (Å²) in [6, 6.07) is 0.193. The number of Topliss-reactive ketones (excluding diaryl/α,β-unsaturated/α-hetero) is 1. The molecule has 1 aliphatic rings. The highest BCUT2D eigenvalue weighted by Crippen LogP contribution is 2.42. The molecule has 0 amide bonds. The SMILES string of the molecule is CCC(=O)c1sc(NC(C)C2CC2)c(S(C)(=O)=O)c1N. The Morgan fingerprint density at radius 3 is 2.55 bits per heavy atom. The van der Waals surface area contributed by atoms with Crippen molar-refractivity contribution in [3.05, 3.63) is 4.88 Å². The maximum absolute atomic E-state index is 11.9. The van der Waals surface area contributed by atoms with Gasteiger partial charge in [-0.05, 0) is 25.7 Å². The van der Waals surface area contributed by atoms with Gasteiger partial charge >= 0.3 is 0 Å². The summed E-state index contributed by atoms with van der Waals surface area (Å²) >= 11 is 1.15. The van der Waals surface area contributed by atoms with Crippen LogP contribution >= 0.6 is 11.3 Å². The van der Waals surface area contributed by atoms with Gasteiger partial charge in [-0.25, -0.2) is 8.42 Å². The molecule has 5 nitrogen and oxygen atoms in total. The number of nitrogen functional groups attached to an aromatic ring is 1. The summed E-state index contributed by atoms with van der Waals surface area (Å²) in [5, 5.41) is 3.73. The van der Waals surface area contributed by atoms with Crippen molar-refractivity contribution < 1.29 is 13.2 Å². The van der Waals surface area contributed by atoms with E-state index >= 15 is 0 Å². The van der Waals surface area contributed by atoms with Crippen molar-refractivity contribution in [3.63, 3.8) is 0 Å². The van der Waals surface area contributed by atoms with Crippen LogP contribution in [0.2, 0.25) is 0 Å².